The fraction of sp³-hybridized carbons (Fsp3) is 0.440. The van der Waals surface area contributed by atoms with Gasteiger partial charge in [0.2, 0.25) is 5.91 Å². The van der Waals surface area contributed by atoms with Crippen LogP contribution in [0, 0.1) is 5.92 Å². The molecule has 3 fully saturated rings. The third kappa shape index (κ3) is 5.58. The number of carbonyl (C=O) groups is 2. The van der Waals surface area contributed by atoms with E-state index in [0.29, 0.717) is 13.2 Å². The Morgan fingerprint density at radius 2 is 2.00 bits per heavy atom. The van der Waals surface area contributed by atoms with Gasteiger partial charge in [0.1, 0.15) is 6.61 Å². The molecule has 0 N–H and O–H groups in total. The molecule has 3 saturated heterocycles. The molecule has 31 heavy (non-hydrogen) atoms. The molecule has 0 aliphatic carbocycles. The number of nitrogens with zero attached hydrogens (tertiary/aromatic N) is 1. The molecule has 4 atom stereocenters. The molecule has 1 aromatic carbocycles. The Morgan fingerprint density at radius 3 is 2.74 bits per heavy atom. The SMILES string of the molecule is C\C=C/C(=C\C=C\C(=O)COCc1ccccc1)[C@H]1OCC2C[C@@H](CC3CO3)C(=O)N21. The molecular weight excluding hydrogens is 394 g/mol. The van der Waals surface area contributed by atoms with Crippen LogP contribution < -0.4 is 0 Å². The predicted molar refractivity (Wildman–Crippen MR) is 116 cm³/mol. The average Bonchev–Trinajstić information content (AvgIpc) is 3.41. The van der Waals surface area contributed by atoms with Crippen molar-refractivity contribution in [3.8, 4) is 0 Å². The quantitative estimate of drug-likeness (QED) is 0.328. The lowest BCUT2D eigenvalue weighted by molar-refractivity contribution is -0.135. The Kier molecular flexibility index (Phi) is 7.12. The summed E-state index contributed by atoms with van der Waals surface area (Å²) in [6.45, 7) is 3.66. The minimum absolute atomic E-state index is 0.0228. The molecule has 6 heteroatoms. The zero-order chi connectivity index (χ0) is 21.6. The second-order valence-electron chi connectivity index (χ2n) is 8.18. The van der Waals surface area contributed by atoms with Crippen LogP contribution in [0.3, 0.4) is 0 Å². The van der Waals surface area contributed by atoms with Crippen LogP contribution in [0.15, 0.2) is 66.3 Å². The van der Waals surface area contributed by atoms with E-state index in [2.05, 4.69) is 0 Å². The standard InChI is InChI=1S/C25H29NO5/c1-2-7-19(10-6-11-22(27)16-29-14-18-8-4-3-5-9-18)25-26-21(15-31-25)12-20(24(26)28)13-23-17-30-23/h2-11,20-21,23,25H,12-17H2,1H3/b7-2-,11-6+,19-10+/t20-,21?,23?,25+/m0/s1. The molecule has 0 radical (unpaired) electrons. The van der Waals surface area contributed by atoms with E-state index < -0.39 is 6.23 Å². The van der Waals surface area contributed by atoms with Gasteiger partial charge in [-0.05, 0) is 31.4 Å². The molecule has 3 heterocycles. The summed E-state index contributed by atoms with van der Waals surface area (Å²) in [6.07, 6.45) is 10.4. The number of rotatable bonds is 10. The van der Waals surface area contributed by atoms with Crippen LogP contribution in [0.4, 0.5) is 0 Å². The number of epoxide rings is 1. The van der Waals surface area contributed by atoms with Crippen molar-refractivity contribution < 1.29 is 23.8 Å². The van der Waals surface area contributed by atoms with Gasteiger partial charge in [-0.1, -0.05) is 54.6 Å². The molecule has 0 aromatic heterocycles. The minimum atomic E-state index is -0.409. The third-order valence-corrected chi connectivity index (χ3v) is 5.77. The van der Waals surface area contributed by atoms with E-state index in [1.165, 1.54) is 6.08 Å². The molecule has 6 nitrogen and oxygen atoms in total. The van der Waals surface area contributed by atoms with Crippen LogP contribution in [0.1, 0.15) is 25.3 Å². The summed E-state index contributed by atoms with van der Waals surface area (Å²) in [7, 11) is 0. The third-order valence-electron chi connectivity index (χ3n) is 5.77. The number of amides is 1. The highest BCUT2D eigenvalue weighted by Crippen LogP contribution is 2.38. The maximum absolute atomic E-state index is 12.9. The summed E-state index contributed by atoms with van der Waals surface area (Å²) < 4.78 is 16.7. The number of ketones is 1. The Balaban J connectivity index is 1.33. The molecule has 3 aliphatic rings. The fourth-order valence-corrected chi connectivity index (χ4v) is 4.22. The topological polar surface area (TPSA) is 68.4 Å². The molecule has 0 saturated carbocycles. The van der Waals surface area contributed by atoms with Gasteiger partial charge in [0, 0.05) is 11.5 Å². The van der Waals surface area contributed by atoms with Crippen molar-refractivity contribution in [2.45, 2.75) is 44.7 Å². The number of fused-ring (bicyclic) bond motifs is 1. The molecule has 164 valence electrons. The van der Waals surface area contributed by atoms with E-state index in [9.17, 15) is 9.59 Å². The number of ether oxygens (including phenoxy) is 3. The first-order valence-electron chi connectivity index (χ1n) is 10.9. The van der Waals surface area contributed by atoms with Crippen molar-refractivity contribution in [3.63, 3.8) is 0 Å². The van der Waals surface area contributed by atoms with Crippen LogP contribution in [0.2, 0.25) is 0 Å². The lowest BCUT2D eigenvalue weighted by Gasteiger charge is -2.24. The maximum Gasteiger partial charge on any atom is 0.228 e. The van der Waals surface area contributed by atoms with Gasteiger partial charge >= 0.3 is 0 Å². The summed E-state index contributed by atoms with van der Waals surface area (Å²) in [5, 5.41) is 0. The second kappa shape index (κ2) is 10.2. The van der Waals surface area contributed by atoms with Gasteiger partial charge in [-0.15, -0.1) is 0 Å². The first-order valence-corrected chi connectivity index (χ1v) is 10.9. The first-order chi connectivity index (χ1) is 15.2. The summed E-state index contributed by atoms with van der Waals surface area (Å²) >= 11 is 0. The fourth-order valence-electron chi connectivity index (χ4n) is 4.22. The van der Waals surface area contributed by atoms with Crippen molar-refractivity contribution in [3.05, 3.63) is 71.8 Å². The van der Waals surface area contributed by atoms with Crippen molar-refractivity contribution in [2.24, 2.45) is 5.92 Å². The lowest BCUT2D eigenvalue weighted by Crippen LogP contribution is -2.38. The highest BCUT2D eigenvalue weighted by molar-refractivity contribution is 5.91. The van der Waals surface area contributed by atoms with E-state index in [-0.39, 0.29) is 36.4 Å². The number of hydrogen-bond acceptors (Lipinski definition) is 5. The first kappa shape index (κ1) is 21.7. The normalized spacial score (nSPS) is 28.1. The van der Waals surface area contributed by atoms with Crippen molar-refractivity contribution in [1.29, 1.82) is 0 Å². The Labute approximate surface area is 183 Å². The number of benzene rings is 1. The van der Waals surface area contributed by atoms with Gasteiger partial charge in [0.15, 0.2) is 12.0 Å². The summed E-state index contributed by atoms with van der Waals surface area (Å²) in [5.74, 6) is 0.0568. The summed E-state index contributed by atoms with van der Waals surface area (Å²) in [4.78, 5) is 26.9. The van der Waals surface area contributed by atoms with Gasteiger partial charge in [0.25, 0.3) is 0 Å². The van der Waals surface area contributed by atoms with E-state index in [1.54, 1.807) is 6.08 Å². The predicted octanol–water partition coefficient (Wildman–Crippen LogP) is 3.19. The number of hydrogen-bond donors (Lipinski definition) is 0. The molecule has 1 aromatic rings. The van der Waals surface area contributed by atoms with Crippen LogP contribution in [0.5, 0.6) is 0 Å². The number of allylic oxidation sites excluding steroid dienone is 3. The van der Waals surface area contributed by atoms with Crippen molar-refractivity contribution >= 4 is 11.7 Å². The minimum Gasteiger partial charge on any atom is -0.373 e. The zero-order valence-corrected chi connectivity index (χ0v) is 17.8. The maximum atomic E-state index is 12.9. The highest BCUT2D eigenvalue weighted by Gasteiger charge is 2.49. The monoisotopic (exact) mass is 423 g/mol. The smallest absolute Gasteiger partial charge is 0.228 e. The van der Waals surface area contributed by atoms with E-state index in [1.807, 2.05) is 60.4 Å². The summed E-state index contributed by atoms with van der Waals surface area (Å²) in [5.41, 5.74) is 1.89. The van der Waals surface area contributed by atoms with Gasteiger partial charge in [-0.2, -0.15) is 0 Å². The van der Waals surface area contributed by atoms with Gasteiger partial charge in [-0.25, -0.2) is 0 Å². The molecule has 0 bridgehead atoms. The van der Waals surface area contributed by atoms with E-state index in [0.717, 1.165) is 30.6 Å². The molecule has 2 unspecified atom stereocenters. The van der Waals surface area contributed by atoms with Crippen LogP contribution in [-0.2, 0) is 30.4 Å². The van der Waals surface area contributed by atoms with Gasteiger partial charge in [0.05, 0.1) is 32.0 Å². The van der Waals surface area contributed by atoms with Crippen molar-refractivity contribution in [1.82, 2.24) is 4.90 Å². The van der Waals surface area contributed by atoms with E-state index in [4.69, 9.17) is 14.2 Å². The second-order valence-corrected chi connectivity index (χ2v) is 8.18. The lowest BCUT2D eigenvalue weighted by atomic mass is 10.00. The summed E-state index contributed by atoms with van der Waals surface area (Å²) in [6, 6.07) is 9.87. The van der Waals surface area contributed by atoms with Crippen LogP contribution >= 0.6 is 0 Å². The molecule has 0 spiro atoms. The molecule has 3 aliphatic heterocycles. The molecule has 4 rings (SSSR count). The zero-order valence-electron chi connectivity index (χ0n) is 17.8. The van der Waals surface area contributed by atoms with E-state index >= 15 is 0 Å². The van der Waals surface area contributed by atoms with Crippen molar-refractivity contribution in [2.75, 3.05) is 19.8 Å². The van der Waals surface area contributed by atoms with Crippen LogP contribution in [-0.4, -0.2) is 54.8 Å². The largest absolute Gasteiger partial charge is 0.373 e. The Bertz CT molecular complexity index is 871. The van der Waals surface area contributed by atoms with Gasteiger partial charge < -0.3 is 19.1 Å². The molecule has 1 amide bonds. The average molecular weight is 424 g/mol. The van der Waals surface area contributed by atoms with Gasteiger partial charge in [-0.3, -0.25) is 9.59 Å². The Hall–Kier alpha value is -2.54. The Morgan fingerprint density at radius 1 is 1.19 bits per heavy atom. The van der Waals surface area contributed by atoms with Crippen LogP contribution in [0.25, 0.3) is 0 Å². The number of carbonyl (C=O) groups excluding carboxylic acids is 2. The highest BCUT2D eigenvalue weighted by atomic mass is 16.6. The molecular formula is C25H29NO5.